The first-order chi connectivity index (χ1) is 8.16. The van der Waals surface area contributed by atoms with E-state index in [1.807, 2.05) is 12.3 Å². The summed E-state index contributed by atoms with van der Waals surface area (Å²) in [6, 6.07) is 2.00. The highest BCUT2D eigenvalue weighted by Crippen LogP contribution is 2.30. The van der Waals surface area contributed by atoms with Crippen molar-refractivity contribution in [1.29, 1.82) is 0 Å². The molecule has 0 spiro atoms. The molecular weight excluding hydrogens is 214 g/mol. The van der Waals surface area contributed by atoms with E-state index in [0.717, 1.165) is 32.6 Å². The van der Waals surface area contributed by atoms with Crippen molar-refractivity contribution >= 4 is 5.82 Å². The molecule has 0 amide bonds. The van der Waals surface area contributed by atoms with Gasteiger partial charge in [-0.05, 0) is 50.0 Å². The van der Waals surface area contributed by atoms with Gasteiger partial charge in [-0.1, -0.05) is 0 Å². The maximum atomic E-state index is 5.78. The maximum absolute atomic E-state index is 5.78. The second-order valence-electron chi connectivity index (χ2n) is 4.93. The lowest BCUT2D eigenvalue weighted by atomic mass is 9.89. The van der Waals surface area contributed by atoms with Crippen LogP contribution in [0.3, 0.4) is 0 Å². The standard InChI is InChI=1S/C13H21N3O/c1-16(2)9-11-7-13(14)15-8-12(11)10-3-5-17-6-4-10/h7-8,10H,3-6,9H2,1-2H3,(H2,14,15). The molecule has 0 bridgehead atoms. The van der Waals surface area contributed by atoms with Gasteiger partial charge in [-0.3, -0.25) is 0 Å². The molecule has 0 saturated carbocycles. The number of nitrogens with two attached hydrogens (primary N) is 1. The number of ether oxygens (including phenoxy) is 1. The van der Waals surface area contributed by atoms with Crippen LogP contribution in [0.15, 0.2) is 12.3 Å². The summed E-state index contributed by atoms with van der Waals surface area (Å²) in [5.74, 6) is 1.18. The largest absolute Gasteiger partial charge is 0.384 e. The van der Waals surface area contributed by atoms with E-state index in [1.165, 1.54) is 11.1 Å². The number of rotatable bonds is 3. The zero-order valence-corrected chi connectivity index (χ0v) is 10.6. The second kappa shape index (κ2) is 5.47. The number of nitrogen functional groups attached to an aromatic ring is 1. The number of nitrogens with zero attached hydrogens (tertiary/aromatic N) is 2. The van der Waals surface area contributed by atoms with E-state index in [2.05, 4.69) is 24.0 Å². The highest BCUT2D eigenvalue weighted by molar-refractivity contribution is 5.38. The van der Waals surface area contributed by atoms with Gasteiger partial charge < -0.3 is 15.4 Å². The van der Waals surface area contributed by atoms with E-state index < -0.39 is 0 Å². The Hall–Kier alpha value is -1.13. The molecule has 0 aromatic carbocycles. The Bertz CT molecular complexity index is 373. The average molecular weight is 235 g/mol. The van der Waals surface area contributed by atoms with Gasteiger partial charge in [-0.15, -0.1) is 0 Å². The van der Waals surface area contributed by atoms with Crippen LogP contribution in [0, 0.1) is 0 Å². The molecule has 1 aromatic heterocycles. The molecule has 4 heteroatoms. The van der Waals surface area contributed by atoms with E-state index in [9.17, 15) is 0 Å². The van der Waals surface area contributed by atoms with Crippen molar-refractivity contribution in [2.75, 3.05) is 33.0 Å². The predicted octanol–water partition coefficient (Wildman–Crippen LogP) is 1.62. The molecule has 0 radical (unpaired) electrons. The second-order valence-corrected chi connectivity index (χ2v) is 4.93. The molecule has 1 fully saturated rings. The third kappa shape index (κ3) is 3.17. The third-order valence-corrected chi connectivity index (χ3v) is 3.19. The fourth-order valence-electron chi connectivity index (χ4n) is 2.38. The highest BCUT2D eigenvalue weighted by Gasteiger charge is 2.19. The summed E-state index contributed by atoms with van der Waals surface area (Å²) in [6.07, 6.45) is 4.13. The molecule has 17 heavy (non-hydrogen) atoms. The van der Waals surface area contributed by atoms with Crippen molar-refractivity contribution in [3.8, 4) is 0 Å². The zero-order chi connectivity index (χ0) is 12.3. The topological polar surface area (TPSA) is 51.4 Å². The molecule has 2 N–H and O–H groups in total. The van der Waals surface area contributed by atoms with Gasteiger partial charge in [-0.2, -0.15) is 0 Å². The zero-order valence-electron chi connectivity index (χ0n) is 10.6. The van der Waals surface area contributed by atoms with Gasteiger partial charge in [0, 0.05) is 26.0 Å². The van der Waals surface area contributed by atoms with Crippen molar-refractivity contribution in [2.45, 2.75) is 25.3 Å². The molecule has 1 aromatic rings. The molecule has 4 nitrogen and oxygen atoms in total. The summed E-state index contributed by atoms with van der Waals surface area (Å²) >= 11 is 0. The first kappa shape index (κ1) is 12.3. The van der Waals surface area contributed by atoms with Gasteiger partial charge in [0.05, 0.1) is 0 Å². The van der Waals surface area contributed by atoms with Crippen LogP contribution < -0.4 is 5.73 Å². The van der Waals surface area contributed by atoms with Crippen LogP contribution in [0.5, 0.6) is 0 Å². The summed E-state index contributed by atoms with van der Waals surface area (Å²) in [5.41, 5.74) is 8.42. The molecule has 1 aliphatic heterocycles. The highest BCUT2D eigenvalue weighted by atomic mass is 16.5. The molecule has 1 aliphatic rings. The fourth-order valence-corrected chi connectivity index (χ4v) is 2.38. The third-order valence-electron chi connectivity index (χ3n) is 3.19. The van der Waals surface area contributed by atoms with Gasteiger partial charge in [0.2, 0.25) is 0 Å². The Morgan fingerprint density at radius 2 is 2.12 bits per heavy atom. The summed E-state index contributed by atoms with van der Waals surface area (Å²) in [4.78, 5) is 6.40. The Kier molecular flexibility index (Phi) is 3.97. The Morgan fingerprint density at radius 3 is 2.76 bits per heavy atom. The smallest absolute Gasteiger partial charge is 0.123 e. The minimum absolute atomic E-state index is 0.576. The summed E-state index contributed by atoms with van der Waals surface area (Å²) in [7, 11) is 4.15. The van der Waals surface area contributed by atoms with Crippen LogP contribution >= 0.6 is 0 Å². The molecule has 0 atom stereocenters. The van der Waals surface area contributed by atoms with E-state index in [-0.39, 0.29) is 0 Å². The van der Waals surface area contributed by atoms with Gasteiger partial charge in [0.25, 0.3) is 0 Å². The summed E-state index contributed by atoms with van der Waals surface area (Å²) < 4.78 is 5.41. The fraction of sp³-hybridized carbons (Fsp3) is 0.615. The van der Waals surface area contributed by atoms with Crippen LogP contribution in [0.1, 0.15) is 29.9 Å². The SMILES string of the molecule is CN(C)Cc1cc(N)ncc1C1CCOCC1. The van der Waals surface area contributed by atoms with E-state index in [1.54, 1.807) is 0 Å². The van der Waals surface area contributed by atoms with Crippen molar-refractivity contribution in [3.05, 3.63) is 23.4 Å². The Morgan fingerprint density at radius 1 is 1.41 bits per heavy atom. The summed E-state index contributed by atoms with van der Waals surface area (Å²) in [5, 5.41) is 0. The molecule has 1 saturated heterocycles. The first-order valence-corrected chi connectivity index (χ1v) is 6.13. The van der Waals surface area contributed by atoms with Crippen molar-refractivity contribution in [3.63, 3.8) is 0 Å². The number of pyridine rings is 1. The number of hydrogen-bond donors (Lipinski definition) is 1. The lowest BCUT2D eigenvalue weighted by Crippen LogP contribution is -2.19. The van der Waals surface area contributed by atoms with Crippen LogP contribution in [-0.2, 0) is 11.3 Å². The minimum Gasteiger partial charge on any atom is -0.384 e. The van der Waals surface area contributed by atoms with Gasteiger partial charge >= 0.3 is 0 Å². The normalized spacial score (nSPS) is 17.6. The monoisotopic (exact) mass is 235 g/mol. The van der Waals surface area contributed by atoms with Crippen molar-refractivity contribution < 1.29 is 4.74 Å². The van der Waals surface area contributed by atoms with E-state index in [4.69, 9.17) is 10.5 Å². The van der Waals surface area contributed by atoms with Crippen molar-refractivity contribution in [1.82, 2.24) is 9.88 Å². The van der Waals surface area contributed by atoms with Crippen LogP contribution in [0.25, 0.3) is 0 Å². The lowest BCUT2D eigenvalue weighted by molar-refractivity contribution is 0.0850. The maximum Gasteiger partial charge on any atom is 0.123 e. The number of aromatic nitrogens is 1. The summed E-state index contributed by atoms with van der Waals surface area (Å²) in [6.45, 7) is 2.63. The van der Waals surface area contributed by atoms with E-state index >= 15 is 0 Å². The van der Waals surface area contributed by atoms with Crippen LogP contribution in [0.2, 0.25) is 0 Å². The number of hydrogen-bond acceptors (Lipinski definition) is 4. The van der Waals surface area contributed by atoms with Crippen LogP contribution in [-0.4, -0.2) is 37.2 Å². The van der Waals surface area contributed by atoms with Gasteiger partial charge in [0.15, 0.2) is 0 Å². The Balaban J connectivity index is 2.24. The predicted molar refractivity (Wildman–Crippen MR) is 68.8 cm³/mol. The molecular formula is C13H21N3O. The quantitative estimate of drug-likeness (QED) is 0.865. The van der Waals surface area contributed by atoms with Crippen molar-refractivity contribution in [2.24, 2.45) is 0 Å². The number of anilines is 1. The average Bonchev–Trinajstić information content (AvgIpc) is 2.29. The van der Waals surface area contributed by atoms with Gasteiger partial charge in [-0.25, -0.2) is 4.98 Å². The lowest BCUT2D eigenvalue weighted by Gasteiger charge is -2.25. The molecule has 94 valence electrons. The molecule has 2 rings (SSSR count). The molecule has 0 unspecified atom stereocenters. The first-order valence-electron chi connectivity index (χ1n) is 6.13. The van der Waals surface area contributed by atoms with Gasteiger partial charge in [0.1, 0.15) is 5.82 Å². The Labute approximate surface area is 103 Å². The van der Waals surface area contributed by atoms with E-state index in [0.29, 0.717) is 11.7 Å². The van der Waals surface area contributed by atoms with Crippen LogP contribution in [0.4, 0.5) is 5.82 Å². The molecule has 0 aliphatic carbocycles. The minimum atomic E-state index is 0.576. The molecule has 2 heterocycles.